The van der Waals surface area contributed by atoms with Crippen molar-refractivity contribution in [1.29, 1.82) is 0 Å². The molecule has 37 heavy (non-hydrogen) atoms. The van der Waals surface area contributed by atoms with Crippen molar-refractivity contribution < 1.29 is 13.2 Å². The number of halogens is 1. The van der Waals surface area contributed by atoms with Crippen molar-refractivity contribution in [2.45, 2.75) is 17.2 Å². The minimum atomic E-state index is -3.72. The number of benzene rings is 1. The Morgan fingerprint density at radius 3 is 2.68 bits per heavy atom. The predicted octanol–water partition coefficient (Wildman–Crippen LogP) is 4.52. The fourth-order valence-corrected chi connectivity index (χ4v) is 7.27. The molecule has 6 heterocycles. The van der Waals surface area contributed by atoms with Crippen LogP contribution in [0.5, 0.6) is 5.75 Å². The Bertz CT molecular complexity index is 1660. The van der Waals surface area contributed by atoms with Crippen LogP contribution in [0.1, 0.15) is 6.42 Å². The number of fused-ring (bicyclic) bond motifs is 8. The average molecular weight is 556 g/mol. The molecule has 0 saturated carbocycles. The van der Waals surface area contributed by atoms with Crippen molar-refractivity contribution in [3.8, 4) is 17.0 Å². The lowest BCUT2D eigenvalue weighted by Gasteiger charge is -2.21. The molecule has 190 valence electrons. The summed E-state index contributed by atoms with van der Waals surface area (Å²) in [6.07, 6.45) is 5.86. The van der Waals surface area contributed by atoms with Crippen LogP contribution in [-0.4, -0.2) is 56.8 Å². The quantitative estimate of drug-likeness (QED) is 0.341. The lowest BCUT2D eigenvalue weighted by atomic mass is 10.1. The summed E-state index contributed by atoms with van der Waals surface area (Å²) in [5.41, 5.74) is 3.48. The highest BCUT2D eigenvalue weighted by molar-refractivity contribution is 7.91. The molecule has 0 atom stereocenters. The van der Waals surface area contributed by atoms with E-state index in [1.165, 1.54) is 10.4 Å². The van der Waals surface area contributed by atoms with E-state index >= 15 is 0 Å². The van der Waals surface area contributed by atoms with E-state index in [4.69, 9.17) is 16.3 Å². The smallest absolute Gasteiger partial charge is 0.252 e. The highest BCUT2D eigenvalue weighted by Gasteiger charge is 2.26. The van der Waals surface area contributed by atoms with Gasteiger partial charge in [-0.3, -0.25) is 4.68 Å². The van der Waals surface area contributed by atoms with Crippen molar-refractivity contribution in [1.82, 2.24) is 28.7 Å². The molecule has 0 spiro atoms. The Labute approximate surface area is 222 Å². The maximum absolute atomic E-state index is 13.3. The van der Waals surface area contributed by atoms with Gasteiger partial charge < -0.3 is 10.1 Å². The first-order chi connectivity index (χ1) is 18.0. The monoisotopic (exact) mass is 555 g/mol. The van der Waals surface area contributed by atoms with Gasteiger partial charge in [0.1, 0.15) is 16.6 Å². The third kappa shape index (κ3) is 4.92. The molecule has 10 nitrogen and oxygen atoms in total. The molecule has 7 rings (SSSR count). The second kappa shape index (κ2) is 9.78. The van der Waals surface area contributed by atoms with E-state index in [2.05, 4.69) is 20.5 Å². The Hall–Kier alpha value is -3.45. The zero-order chi connectivity index (χ0) is 25.4. The Kier molecular flexibility index (Phi) is 6.32. The van der Waals surface area contributed by atoms with Crippen LogP contribution in [0.3, 0.4) is 0 Å². The van der Waals surface area contributed by atoms with Gasteiger partial charge in [-0.25, -0.2) is 17.9 Å². The van der Waals surface area contributed by atoms with Crippen molar-refractivity contribution in [3.63, 3.8) is 0 Å². The fourth-order valence-electron chi connectivity index (χ4n) is 4.17. The van der Waals surface area contributed by atoms with Crippen LogP contribution in [-0.2, 0) is 16.6 Å². The van der Waals surface area contributed by atoms with Crippen LogP contribution in [0, 0.1) is 0 Å². The number of aromatic nitrogens is 5. The largest absolute Gasteiger partial charge is 0.492 e. The summed E-state index contributed by atoms with van der Waals surface area (Å²) in [7, 11) is -3.72. The van der Waals surface area contributed by atoms with Gasteiger partial charge >= 0.3 is 0 Å². The van der Waals surface area contributed by atoms with E-state index in [1.807, 2.05) is 47.1 Å². The lowest BCUT2D eigenvalue weighted by Crippen LogP contribution is -2.35. The van der Waals surface area contributed by atoms with Crippen LogP contribution in [0.15, 0.2) is 71.3 Å². The molecule has 2 aliphatic heterocycles. The second-order valence-corrected chi connectivity index (χ2v) is 12.3. The molecule has 0 fully saturated rings. The van der Waals surface area contributed by atoms with Gasteiger partial charge in [-0.05, 0) is 55.0 Å². The normalized spacial score (nSPS) is 15.2. The van der Waals surface area contributed by atoms with E-state index in [0.717, 1.165) is 33.8 Å². The summed E-state index contributed by atoms with van der Waals surface area (Å²) in [5.74, 6) is 1.09. The number of thiophene rings is 1. The molecule has 1 aromatic carbocycles. The van der Waals surface area contributed by atoms with E-state index in [0.29, 0.717) is 35.5 Å². The van der Waals surface area contributed by atoms with Gasteiger partial charge in [0.2, 0.25) is 5.95 Å². The number of ether oxygens (including phenoxy) is 1. The predicted molar refractivity (Wildman–Crippen MR) is 142 cm³/mol. The zero-order valence-corrected chi connectivity index (χ0v) is 21.9. The number of anilines is 2. The molecule has 2 aliphatic rings. The van der Waals surface area contributed by atoms with E-state index in [1.54, 1.807) is 23.1 Å². The summed E-state index contributed by atoms with van der Waals surface area (Å²) < 4.78 is 38.3. The molecular formula is C24H22ClN7O3S2. The Balaban J connectivity index is 1.33. The highest BCUT2D eigenvalue weighted by Crippen LogP contribution is 2.29. The first kappa shape index (κ1) is 23.9. The zero-order valence-electron chi connectivity index (χ0n) is 19.5. The number of rotatable bonds is 2. The number of hydrogen-bond acceptors (Lipinski definition) is 8. The Morgan fingerprint density at radius 1 is 1.00 bits per heavy atom. The number of nitrogens with zero attached hydrogens (tertiary/aromatic N) is 6. The third-order valence-electron chi connectivity index (χ3n) is 5.98. The lowest BCUT2D eigenvalue weighted by molar-refractivity contribution is 0.269. The molecular weight excluding hydrogens is 534 g/mol. The molecule has 6 bridgehead atoms. The van der Waals surface area contributed by atoms with Gasteiger partial charge in [-0.1, -0.05) is 11.6 Å². The summed E-state index contributed by atoms with van der Waals surface area (Å²) in [5, 5.41) is 12.3. The SMILES string of the molecule is O=S(=O)(c1ccc(Cl)s1)N1CCCn2cc(cn2)Nc2ncc3ccc(n3n2)-c2ccc(cc2)OCC1. The van der Waals surface area contributed by atoms with Crippen LogP contribution in [0.2, 0.25) is 4.34 Å². The minimum Gasteiger partial charge on any atom is -0.492 e. The van der Waals surface area contributed by atoms with Gasteiger partial charge in [0.05, 0.1) is 33.6 Å². The van der Waals surface area contributed by atoms with Crippen LogP contribution in [0.4, 0.5) is 11.6 Å². The summed E-state index contributed by atoms with van der Waals surface area (Å²) in [6.45, 7) is 1.24. The molecule has 0 unspecified atom stereocenters. The first-order valence-electron chi connectivity index (χ1n) is 11.6. The molecule has 5 aromatic rings. The molecule has 1 N–H and O–H groups in total. The van der Waals surface area contributed by atoms with Gasteiger partial charge in [0.15, 0.2) is 0 Å². The average Bonchev–Trinajstić information content (AvgIpc) is 3.63. The maximum Gasteiger partial charge on any atom is 0.252 e. The molecule has 13 heteroatoms. The van der Waals surface area contributed by atoms with Crippen LogP contribution < -0.4 is 10.1 Å². The summed E-state index contributed by atoms with van der Waals surface area (Å²) in [4.78, 5) is 4.42. The number of aryl methyl sites for hydroxylation is 1. The van der Waals surface area contributed by atoms with Crippen molar-refractivity contribution >= 4 is 50.1 Å². The van der Waals surface area contributed by atoms with Gasteiger partial charge in [0.25, 0.3) is 10.0 Å². The molecule has 0 saturated heterocycles. The minimum absolute atomic E-state index is 0.201. The van der Waals surface area contributed by atoms with Crippen LogP contribution in [0.25, 0.3) is 16.8 Å². The van der Waals surface area contributed by atoms with E-state index in [-0.39, 0.29) is 17.4 Å². The Morgan fingerprint density at radius 2 is 1.86 bits per heavy atom. The van der Waals surface area contributed by atoms with Gasteiger partial charge in [-0.2, -0.15) is 9.40 Å². The topological polar surface area (TPSA) is 107 Å². The van der Waals surface area contributed by atoms with Crippen molar-refractivity contribution in [3.05, 3.63) is 71.5 Å². The molecule has 0 amide bonds. The number of sulfonamides is 1. The molecule has 0 aliphatic carbocycles. The van der Waals surface area contributed by atoms with E-state index in [9.17, 15) is 8.42 Å². The number of nitrogens with one attached hydrogen (secondary N) is 1. The highest BCUT2D eigenvalue weighted by atomic mass is 35.5. The van der Waals surface area contributed by atoms with Crippen molar-refractivity contribution in [2.24, 2.45) is 0 Å². The summed E-state index contributed by atoms with van der Waals surface area (Å²) >= 11 is 7.07. The first-order valence-corrected chi connectivity index (χ1v) is 14.2. The maximum atomic E-state index is 13.3. The van der Waals surface area contributed by atoms with Gasteiger partial charge in [-0.15, -0.1) is 16.4 Å². The summed E-state index contributed by atoms with van der Waals surface area (Å²) in [6, 6.07) is 14.7. The molecule has 0 radical (unpaired) electrons. The standard InChI is InChI=1S/C24H22ClN7O3S2/c25-22-8-9-23(36-22)37(33,34)31-11-1-10-30-16-18(14-27-30)28-24-26-15-19-4-7-21(32(19)29-24)17-2-5-20(6-3-17)35-13-12-31/h2-9,14-16H,1,10-13H2,(H,28,29). The fraction of sp³-hybridized carbons (Fsp3) is 0.208. The molecule has 4 aromatic heterocycles. The van der Waals surface area contributed by atoms with Gasteiger partial charge in [0, 0.05) is 31.4 Å². The third-order valence-corrected chi connectivity index (χ3v) is 9.58. The van der Waals surface area contributed by atoms with Crippen molar-refractivity contribution in [2.75, 3.05) is 25.0 Å². The van der Waals surface area contributed by atoms with E-state index < -0.39 is 10.0 Å². The second-order valence-electron chi connectivity index (χ2n) is 8.44. The number of hydrogen-bond donors (Lipinski definition) is 1. The van der Waals surface area contributed by atoms with Crippen LogP contribution >= 0.6 is 22.9 Å².